The van der Waals surface area contributed by atoms with Crippen molar-refractivity contribution in [2.75, 3.05) is 26.9 Å². The molecule has 0 radical (unpaired) electrons. The molecule has 1 aromatic rings. The van der Waals surface area contributed by atoms with Crippen molar-refractivity contribution in [2.24, 2.45) is 0 Å². The smallest absolute Gasteiger partial charge is 0.325 e. The highest BCUT2D eigenvalue weighted by Gasteiger charge is 2.59. The second-order valence-electron chi connectivity index (χ2n) is 8.58. The standard InChI is InChI=1S/C20H22N2O6/c1-25-14-3-2-13(15-16(14)27-8-19(15)4-5-19)28-12-6-11(7-12)22-17(23)20(9-26-10-20)21-18(22)24/h2-3,11-12H,4-10H2,1H3,(H,21,24). The minimum absolute atomic E-state index is 0.0197. The number of nitrogens with one attached hydrogen (secondary N) is 1. The fourth-order valence-electron chi connectivity index (χ4n) is 4.78. The molecule has 2 saturated heterocycles. The van der Waals surface area contributed by atoms with Gasteiger partial charge < -0.3 is 24.3 Å². The summed E-state index contributed by atoms with van der Waals surface area (Å²) in [4.78, 5) is 26.3. The van der Waals surface area contributed by atoms with E-state index in [9.17, 15) is 9.59 Å². The summed E-state index contributed by atoms with van der Waals surface area (Å²) in [5, 5.41) is 2.79. The summed E-state index contributed by atoms with van der Waals surface area (Å²) >= 11 is 0. The SMILES string of the molecule is COc1ccc(OC2CC(N3C(=O)NC4(COC4)C3=O)C2)c2c1OCC21CC1. The van der Waals surface area contributed by atoms with E-state index in [1.807, 2.05) is 12.1 Å². The van der Waals surface area contributed by atoms with E-state index in [4.69, 9.17) is 18.9 Å². The summed E-state index contributed by atoms with van der Waals surface area (Å²) in [6.07, 6.45) is 3.47. The molecule has 2 spiro atoms. The van der Waals surface area contributed by atoms with Crippen LogP contribution in [0.4, 0.5) is 4.79 Å². The van der Waals surface area contributed by atoms with Gasteiger partial charge >= 0.3 is 6.03 Å². The average Bonchev–Trinajstić information content (AvgIpc) is 3.22. The Morgan fingerprint density at radius 2 is 1.89 bits per heavy atom. The van der Waals surface area contributed by atoms with E-state index in [2.05, 4.69) is 5.32 Å². The van der Waals surface area contributed by atoms with E-state index in [0.29, 0.717) is 19.4 Å². The zero-order chi connectivity index (χ0) is 19.1. The lowest BCUT2D eigenvalue weighted by Gasteiger charge is -2.41. The van der Waals surface area contributed by atoms with Gasteiger partial charge in [0.2, 0.25) is 0 Å². The van der Waals surface area contributed by atoms with Crippen LogP contribution in [0, 0.1) is 0 Å². The van der Waals surface area contributed by atoms with Crippen LogP contribution in [-0.4, -0.2) is 61.5 Å². The summed E-state index contributed by atoms with van der Waals surface area (Å²) in [5.74, 6) is 2.22. The molecule has 0 bridgehead atoms. The molecule has 1 N–H and O–H groups in total. The summed E-state index contributed by atoms with van der Waals surface area (Å²) in [5.41, 5.74) is 0.370. The molecule has 3 heterocycles. The first kappa shape index (κ1) is 16.5. The summed E-state index contributed by atoms with van der Waals surface area (Å²) in [6.45, 7) is 1.21. The van der Waals surface area contributed by atoms with Crippen molar-refractivity contribution >= 4 is 11.9 Å². The number of imide groups is 1. The molecular weight excluding hydrogens is 364 g/mol. The summed E-state index contributed by atoms with van der Waals surface area (Å²) in [7, 11) is 1.64. The number of urea groups is 1. The number of methoxy groups -OCH3 is 1. The molecule has 8 nitrogen and oxygen atoms in total. The number of ether oxygens (including phenoxy) is 4. The van der Waals surface area contributed by atoms with Crippen molar-refractivity contribution in [2.45, 2.75) is 48.8 Å². The topological polar surface area (TPSA) is 86.3 Å². The molecule has 148 valence electrons. The Bertz CT molecular complexity index is 885. The summed E-state index contributed by atoms with van der Waals surface area (Å²) in [6, 6.07) is 3.40. The number of amides is 3. The van der Waals surface area contributed by atoms with Gasteiger partial charge in [-0.05, 0) is 25.0 Å². The van der Waals surface area contributed by atoms with Crippen LogP contribution in [0.2, 0.25) is 0 Å². The van der Waals surface area contributed by atoms with Gasteiger partial charge in [-0.3, -0.25) is 9.69 Å². The highest BCUT2D eigenvalue weighted by molar-refractivity contribution is 6.08. The lowest BCUT2D eigenvalue weighted by molar-refractivity contribution is -0.151. The van der Waals surface area contributed by atoms with Gasteiger partial charge in [-0.15, -0.1) is 0 Å². The van der Waals surface area contributed by atoms with E-state index in [1.165, 1.54) is 4.90 Å². The number of benzene rings is 1. The van der Waals surface area contributed by atoms with Crippen molar-refractivity contribution in [3.8, 4) is 17.2 Å². The van der Waals surface area contributed by atoms with Gasteiger partial charge in [0.05, 0.1) is 26.9 Å². The lowest BCUT2D eigenvalue weighted by Crippen LogP contribution is -2.63. The van der Waals surface area contributed by atoms with Gasteiger partial charge in [0.1, 0.15) is 11.9 Å². The van der Waals surface area contributed by atoms with Crippen molar-refractivity contribution < 1.29 is 28.5 Å². The van der Waals surface area contributed by atoms with Crippen LogP contribution in [-0.2, 0) is 14.9 Å². The molecule has 0 atom stereocenters. The molecule has 1 aromatic carbocycles. The molecule has 2 saturated carbocycles. The van der Waals surface area contributed by atoms with Gasteiger partial charge in [0.15, 0.2) is 17.0 Å². The number of nitrogens with zero attached hydrogens (tertiary/aromatic N) is 1. The Labute approximate surface area is 162 Å². The fourth-order valence-corrected chi connectivity index (χ4v) is 4.78. The Morgan fingerprint density at radius 3 is 2.50 bits per heavy atom. The van der Waals surface area contributed by atoms with Crippen LogP contribution >= 0.6 is 0 Å². The number of carbonyl (C=O) groups excluding carboxylic acids is 2. The highest BCUT2D eigenvalue weighted by atomic mass is 16.5. The second-order valence-corrected chi connectivity index (χ2v) is 8.58. The Hall–Kier alpha value is -2.48. The average molecular weight is 386 g/mol. The number of rotatable bonds is 4. The third-order valence-corrected chi connectivity index (χ3v) is 6.80. The first-order valence-corrected chi connectivity index (χ1v) is 9.80. The maximum Gasteiger partial charge on any atom is 0.325 e. The molecule has 28 heavy (non-hydrogen) atoms. The fraction of sp³-hybridized carbons (Fsp3) is 0.600. The largest absolute Gasteiger partial charge is 0.493 e. The highest BCUT2D eigenvalue weighted by Crippen LogP contribution is 2.61. The number of hydrogen-bond acceptors (Lipinski definition) is 6. The Kier molecular flexibility index (Phi) is 3.13. The second kappa shape index (κ2) is 5.31. The molecule has 8 heteroatoms. The number of fused-ring (bicyclic) bond motifs is 2. The van der Waals surface area contributed by atoms with Gasteiger partial charge in [0, 0.05) is 29.9 Å². The van der Waals surface area contributed by atoms with Gasteiger partial charge in [-0.1, -0.05) is 0 Å². The maximum absolute atomic E-state index is 12.6. The Morgan fingerprint density at radius 1 is 1.14 bits per heavy atom. The van der Waals surface area contributed by atoms with Crippen LogP contribution in [0.1, 0.15) is 31.2 Å². The van der Waals surface area contributed by atoms with E-state index >= 15 is 0 Å². The van der Waals surface area contributed by atoms with E-state index in [1.54, 1.807) is 7.11 Å². The van der Waals surface area contributed by atoms with Crippen molar-refractivity contribution in [1.29, 1.82) is 0 Å². The van der Waals surface area contributed by atoms with Gasteiger partial charge in [-0.2, -0.15) is 0 Å². The van der Waals surface area contributed by atoms with Crippen LogP contribution in [0.15, 0.2) is 12.1 Å². The van der Waals surface area contributed by atoms with E-state index < -0.39 is 5.54 Å². The van der Waals surface area contributed by atoms with Crippen LogP contribution in [0.5, 0.6) is 17.2 Å². The first-order valence-electron chi connectivity index (χ1n) is 9.80. The van der Waals surface area contributed by atoms with Crippen molar-refractivity contribution in [3.05, 3.63) is 17.7 Å². The minimum Gasteiger partial charge on any atom is -0.493 e. The van der Waals surface area contributed by atoms with E-state index in [0.717, 1.165) is 35.7 Å². The monoisotopic (exact) mass is 386 g/mol. The molecule has 0 aromatic heterocycles. The molecular formula is C20H22N2O6. The third-order valence-electron chi connectivity index (χ3n) is 6.80. The molecule has 3 aliphatic heterocycles. The van der Waals surface area contributed by atoms with Gasteiger partial charge in [0.25, 0.3) is 5.91 Å². The molecule has 4 fully saturated rings. The van der Waals surface area contributed by atoms with Crippen LogP contribution in [0.25, 0.3) is 0 Å². The maximum atomic E-state index is 12.6. The van der Waals surface area contributed by atoms with Crippen LogP contribution in [0.3, 0.4) is 0 Å². The molecule has 2 aliphatic carbocycles. The number of hydrogen-bond donors (Lipinski definition) is 1. The van der Waals surface area contributed by atoms with Crippen molar-refractivity contribution in [1.82, 2.24) is 10.2 Å². The zero-order valence-electron chi connectivity index (χ0n) is 15.7. The zero-order valence-corrected chi connectivity index (χ0v) is 15.7. The van der Waals surface area contributed by atoms with Crippen LogP contribution < -0.4 is 19.5 Å². The van der Waals surface area contributed by atoms with Gasteiger partial charge in [-0.25, -0.2) is 4.79 Å². The quantitative estimate of drug-likeness (QED) is 0.787. The summed E-state index contributed by atoms with van der Waals surface area (Å²) < 4.78 is 22.8. The molecule has 6 rings (SSSR count). The Balaban J connectivity index is 1.18. The minimum atomic E-state index is -0.824. The molecule has 0 unspecified atom stereocenters. The molecule has 3 amide bonds. The predicted molar refractivity (Wildman–Crippen MR) is 95.8 cm³/mol. The lowest BCUT2D eigenvalue weighted by atomic mass is 9.86. The first-order chi connectivity index (χ1) is 13.6. The predicted octanol–water partition coefficient (Wildman–Crippen LogP) is 1.35. The van der Waals surface area contributed by atoms with E-state index in [-0.39, 0.29) is 42.7 Å². The molecule has 5 aliphatic rings. The third kappa shape index (κ3) is 2.04. The van der Waals surface area contributed by atoms with Crippen molar-refractivity contribution in [3.63, 3.8) is 0 Å². The number of carbonyl (C=O) groups is 2. The normalized spacial score (nSPS) is 30.4.